The Morgan fingerprint density at radius 2 is 1.76 bits per heavy atom. The van der Waals surface area contributed by atoms with Crippen LogP contribution in [0.25, 0.3) is 10.8 Å². The fraction of sp³-hybridized carbons (Fsp3) is 0.111. The zero-order valence-corrected chi connectivity index (χ0v) is 13.8. The maximum absolute atomic E-state index is 13.2. The molecule has 0 saturated heterocycles. The van der Waals surface area contributed by atoms with Gasteiger partial charge in [0.25, 0.3) is 0 Å². The number of benzene rings is 3. The lowest BCUT2D eigenvalue weighted by molar-refractivity contribution is 0.627. The lowest BCUT2D eigenvalue weighted by atomic mass is 9.99. The number of anilines is 1. The highest BCUT2D eigenvalue weighted by molar-refractivity contribution is 14.1. The molecule has 1 atom stereocenters. The Morgan fingerprint density at radius 1 is 1.00 bits per heavy atom. The Kier molecular flexibility index (Phi) is 4.10. The van der Waals surface area contributed by atoms with Crippen LogP contribution in [-0.2, 0) is 0 Å². The average molecular weight is 391 g/mol. The molecule has 0 amide bonds. The highest BCUT2D eigenvalue weighted by Crippen LogP contribution is 2.28. The lowest BCUT2D eigenvalue weighted by Gasteiger charge is -2.19. The summed E-state index contributed by atoms with van der Waals surface area (Å²) in [5.41, 5.74) is 2.20. The monoisotopic (exact) mass is 391 g/mol. The van der Waals surface area contributed by atoms with E-state index in [0.717, 1.165) is 9.26 Å². The van der Waals surface area contributed by atoms with Crippen LogP contribution in [0.5, 0.6) is 0 Å². The Morgan fingerprint density at radius 3 is 2.57 bits per heavy atom. The third-order valence-electron chi connectivity index (χ3n) is 3.59. The van der Waals surface area contributed by atoms with Gasteiger partial charge in [0, 0.05) is 15.3 Å². The highest BCUT2D eigenvalue weighted by Gasteiger charge is 2.10. The van der Waals surface area contributed by atoms with Crippen molar-refractivity contribution in [3.63, 3.8) is 0 Å². The Balaban J connectivity index is 1.95. The van der Waals surface area contributed by atoms with Gasteiger partial charge in [0.1, 0.15) is 5.82 Å². The summed E-state index contributed by atoms with van der Waals surface area (Å²) in [5, 5.41) is 5.95. The van der Waals surface area contributed by atoms with Crippen molar-refractivity contribution in [2.75, 3.05) is 5.32 Å². The van der Waals surface area contributed by atoms with E-state index in [2.05, 4.69) is 71.2 Å². The molecular weight excluding hydrogens is 376 g/mol. The molecule has 3 rings (SSSR count). The quantitative estimate of drug-likeness (QED) is 0.560. The van der Waals surface area contributed by atoms with Crippen molar-refractivity contribution in [1.82, 2.24) is 0 Å². The zero-order valence-electron chi connectivity index (χ0n) is 11.6. The highest BCUT2D eigenvalue weighted by atomic mass is 127. The average Bonchev–Trinajstić information content (AvgIpc) is 2.49. The standard InChI is InChI=1S/C18H15FIN/c1-12(21-18-10-9-14(19)11-17(18)20)15-8-4-6-13-5-2-3-7-16(13)15/h2-12,21H,1H3. The molecule has 1 nitrogen and oxygen atoms in total. The van der Waals surface area contributed by atoms with Crippen molar-refractivity contribution in [2.24, 2.45) is 0 Å². The van der Waals surface area contributed by atoms with Crippen LogP contribution < -0.4 is 5.32 Å². The number of nitrogens with one attached hydrogen (secondary N) is 1. The van der Waals surface area contributed by atoms with E-state index in [1.807, 2.05) is 6.07 Å². The fourth-order valence-corrected chi connectivity index (χ4v) is 3.18. The van der Waals surface area contributed by atoms with E-state index < -0.39 is 0 Å². The van der Waals surface area contributed by atoms with Gasteiger partial charge in [0.2, 0.25) is 0 Å². The summed E-state index contributed by atoms with van der Waals surface area (Å²) >= 11 is 2.15. The summed E-state index contributed by atoms with van der Waals surface area (Å²) in [6.07, 6.45) is 0. The van der Waals surface area contributed by atoms with Crippen LogP contribution in [0, 0.1) is 9.39 Å². The van der Waals surface area contributed by atoms with Crippen LogP contribution in [0.1, 0.15) is 18.5 Å². The molecule has 0 heterocycles. The molecule has 1 N–H and O–H groups in total. The SMILES string of the molecule is CC(Nc1ccc(F)cc1I)c1cccc2ccccc12. The van der Waals surface area contributed by atoms with Gasteiger partial charge in [-0.05, 0) is 64.0 Å². The third kappa shape index (κ3) is 3.02. The fourth-order valence-electron chi connectivity index (χ4n) is 2.55. The molecule has 0 aliphatic carbocycles. The minimum absolute atomic E-state index is 0.148. The molecule has 1 unspecified atom stereocenters. The number of hydrogen-bond donors (Lipinski definition) is 1. The normalized spacial score (nSPS) is 12.3. The molecule has 0 aliphatic heterocycles. The van der Waals surface area contributed by atoms with E-state index in [9.17, 15) is 4.39 Å². The molecule has 3 aromatic rings. The molecule has 3 heteroatoms. The first-order valence-corrected chi connectivity index (χ1v) is 7.92. The predicted octanol–water partition coefficient (Wildman–Crippen LogP) is 5.76. The molecule has 0 radical (unpaired) electrons. The van der Waals surface area contributed by atoms with Crippen molar-refractivity contribution in [3.05, 3.63) is 75.6 Å². The second kappa shape index (κ2) is 6.02. The topological polar surface area (TPSA) is 12.0 Å². The molecule has 106 valence electrons. The van der Waals surface area contributed by atoms with Gasteiger partial charge >= 0.3 is 0 Å². The van der Waals surface area contributed by atoms with Gasteiger partial charge < -0.3 is 5.32 Å². The van der Waals surface area contributed by atoms with Gasteiger partial charge in [-0.25, -0.2) is 4.39 Å². The molecule has 21 heavy (non-hydrogen) atoms. The van der Waals surface area contributed by atoms with Crippen molar-refractivity contribution < 1.29 is 4.39 Å². The van der Waals surface area contributed by atoms with Crippen molar-refractivity contribution in [2.45, 2.75) is 13.0 Å². The lowest BCUT2D eigenvalue weighted by Crippen LogP contribution is -2.08. The smallest absolute Gasteiger partial charge is 0.124 e. The van der Waals surface area contributed by atoms with Crippen molar-refractivity contribution >= 4 is 39.1 Å². The predicted molar refractivity (Wildman–Crippen MR) is 95.1 cm³/mol. The molecule has 0 aliphatic rings. The number of rotatable bonds is 3. The number of fused-ring (bicyclic) bond motifs is 1. The second-order valence-electron chi connectivity index (χ2n) is 5.06. The van der Waals surface area contributed by atoms with Crippen LogP contribution in [0.2, 0.25) is 0 Å². The maximum atomic E-state index is 13.2. The summed E-state index contributed by atoms with van der Waals surface area (Å²) in [6.45, 7) is 2.13. The summed E-state index contributed by atoms with van der Waals surface area (Å²) < 4.78 is 14.1. The van der Waals surface area contributed by atoms with Gasteiger partial charge in [0.15, 0.2) is 0 Å². The van der Waals surface area contributed by atoms with Crippen LogP contribution in [0.3, 0.4) is 0 Å². The molecule has 0 saturated carbocycles. The molecule has 0 fully saturated rings. The third-order valence-corrected chi connectivity index (χ3v) is 4.49. The van der Waals surface area contributed by atoms with E-state index in [1.54, 1.807) is 12.1 Å². The zero-order chi connectivity index (χ0) is 14.8. The minimum Gasteiger partial charge on any atom is -0.378 e. The van der Waals surface area contributed by atoms with E-state index in [4.69, 9.17) is 0 Å². The van der Waals surface area contributed by atoms with E-state index in [0.29, 0.717) is 0 Å². The van der Waals surface area contributed by atoms with Gasteiger partial charge in [0.05, 0.1) is 0 Å². The Labute approximate surface area is 137 Å². The largest absolute Gasteiger partial charge is 0.378 e. The van der Waals surface area contributed by atoms with Crippen molar-refractivity contribution in [3.8, 4) is 0 Å². The van der Waals surface area contributed by atoms with Crippen LogP contribution >= 0.6 is 22.6 Å². The molecule has 0 spiro atoms. The van der Waals surface area contributed by atoms with Crippen LogP contribution in [0.15, 0.2) is 60.7 Å². The Hall–Kier alpha value is -1.62. The van der Waals surface area contributed by atoms with Gasteiger partial charge in [-0.15, -0.1) is 0 Å². The molecule has 0 aromatic heterocycles. The van der Waals surface area contributed by atoms with Crippen LogP contribution in [-0.4, -0.2) is 0 Å². The number of halogens is 2. The first-order chi connectivity index (χ1) is 10.1. The molecular formula is C18H15FIN. The second-order valence-corrected chi connectivity index (χ2v) is 6.22. The first kappa shape index (κ1) is 14.3. The summed E-state index contributed by atoms with van der Waals surface area (Å²) in [6, 6.07) is 19.7. The molecule has 0 bridgehead atoms. The van der Waals surface area contributed by atoms with E-state index in [1.165, 1.54) is 22.4 Å². The van der Waals surface area contributed by atoms with Crippen LogP contribution in [0.4, 0.5) is 10.1 Å². The van der Waals surface area contributed by atoms with E-state index >= 15 is 0 Å². The number of hydrogen-bond acceptors (Lipinski definition) is 1. The van der Waals surface area contributed by atoms with Gasteiger partial charge in [-0.3, -0.25) is 0 Å². The first-order valence-electron chi connectivity index (χ1n) is 6.84. The van der Waals surface area contributed by atoms with E-state index in [-0.39, 0.29) is 11.9 Å². The van der Waals surface area contributed by atoms with Gasteiger partial charge in [-0.1, -0.05) is 42.5 Å². The summed E-state index contributed by atoms with van der Waals surface area (Å²) in [5.74, 6) is -0.206. The van der Waals surface area contributed by atoms with Gasteiger partial charge in [-0.2, -0.15) is 0 Å². The Bertz CT molecular complexity index is 780. The minimum atomic E-state index is -0.206. The maximum Gasteiger partial charge on any atom is 0.124 e. The van der Waals surface area contributed by atoms with Crippen molar-refractivity contribution in [1.29, 1.82) is 0 Å². The summed E-state index contributed by atoms with van der Waals surface area (Å²) in [7, 11) is 0. The summed E-state index contributed by atoms with van der Waals surface area (Å²) in [4.78, 5) is 0. The molecule has 3 aromatic carbocycles.